The minimum atomic E-state index is -0.941. The first-order valence-corrected chi connectivity index (χ1v) is 10.4. The molecule has 1 aliphatic heterocycles. The largest absolute Gasteiger partial charge is 0.507 e. The predicted molar refractivity (Wildman–Crippen MR) is 122 cm³/mol. The van der Waals surface area contributed by atoms with Crippen molar-refractivity contribution in [3.05, 3.63) is 87.3 Å². The van der Waals surface area contributed by atoms with Crippen LogP contribution in [0.5, 0.6) is 5.75 Å². The van der Waals surface area contributed by atoms with Crippen molar-refractivity contribution in [1.82, 2.24) is 0 Å². The van der Waals surface area contributed by atoms with Crippen molar-refractivity contribution in [2.45, 2.75) is 26.8 Å². The average molecular weight is 452 g/mol. The van der Waals surface area contributed by atoms with Gasteiger partial charge in [0.2, 0.25) is 0 Å². The van der Waals surface area contributed by atoms with Crippen molar-refractivity contribution in [2.75, 3.05) is 12.0 Å². The summed E-state index contributed by atoms with van der Waals surface area (Å²) >= 11 is 6.15. The highest BCUT2D eigenvalue weighted by molar-refractivity contribution is 6.51. The molecule has 1 aliphatic rings. The number of aliphatic hydroxyl groups excluding tert-OH is 1. The van der Waals surface area contributed by atoms with E-state index < -0.39 is 17.7 Å². The van der Waals surface area contributed by atoms with Gasteiger partial charge in [-0.3, -0.25) is 14.5 Å². The van der Waals surface area contributed by atoms with Crippen LogP contribution in [0.1, 0.15) is 34.3 Å². The van der Waals surface area contributed by atoms with E-state index in [1.54, 1.807) is 69.5 Å². The van der Waals surface area contributed by atoms with E-state index in [4.69, 9.17) is 20.8 Å². The Morgan fingerprint density at radius 1 is 1.06 bits per heavy atom. The quantitative estimate of drug-likeness (QED) is 0.322. The lowest BCUT2D eigenvalue weighted by atomic mass is 9.95. The van der Waals surface area contributed by atoms with Crippen LogP contribution in [0, 0.1) is 20.8 Å². The third kappa shape index (κ3) is 3.56. The molecule has 1 unspecified atom stereocenters. The Balaban J connectivity index is 1.97. The second kappa shape index (κ2) is 8.20. The summed E-state index contributed by atoms with van der Waals surface area (Å²) in [6.45, 7) is 5.41. The molecule has 1 fully saturated rings. The highest BCUT2D eigenvalue weighted by atomic mass is 35.5. The van der Waals surface area contributed by atoms with Gasteiger partial charge in [0.15, 0.2) is 0 Å². The van der Waals surface area contributed by atoms with Crippen LogP contribution in [0.2, 0.25) is 5.02 Å². The van der Waals surface area contributed by atoms with E-state index in [2.05, 4.69) is 0 Å². The molecule has 0 saturated carbocycles. The van der Waals surface area contributed by atoms with Gasteiger partial charge in [0.05, 0.1) is 12.7 Å². The number of aryl methyl sites for hydroxylation is 3. The van der Waals surface area contributed by atoms with Crippen LogP contribution in [0.3, 0.4) is 0 Å². The second-order valence-electron chi connectivity index (χ2n) is 7.73. The number of ether oxygens (including phenoxy) is 1. The molecule has 164 valence electrons. The van der Waals surface area contributed by atoms with Gasteiger partial charge in [-0.2, -0.15) is 0 Å². The van der Waals surface area contributed by atoms with Gasteiger partial charge >= 0.3 is 0 Å². The molecule has 1 N–H and O–H groups in total. The Morgan fingerprint density at radius 3 is 2.44 bits per heavy atom. The van der Waals surface area contributed by atoms with Crippen molar-refractivity contribution < 1.29 is 23.8 Å². The first-order valence-electron chi connectivity index (χ1n) is 10.0. The number of rotatable bonds is 4. The fourth-order valence-corrected chi connectivity index (χ4v) is 4.19. The van der Waals surface area contributed by atoms with Gasteiger partial charge in [0.1, 0.15) is 29.1 Å². The Kier molecular flexibility index (Phi) is 5.57. The van der Waals surface area contributed by atoms with E-state index in [0.29, 0.717) is 39.1 Å². The SMILES string of the molecule is COc1cc(C)c(/C(O)=C2\C(=O)C(=O)N(c3cccc(Cl)c3)C2c2ccc(C)o2)cc1C. The molecule has 7 heteroatoms. The maximum Gasteiger partial charge on any atom is 0.300 e. The number of amides is 1. The smallest absolute Gasteiger partial charge is 0.300 e. The number of halogens is 1. The van der Waals surface area contributed by atoms with E-state index in [9.17, 15) is 14.7 Å². The summed E-state index contributed by atoms with van der Waals surface area (Å²) < 4.78 is 11.2. The van der Waals surface area contributed by atoms with Crippen LogP contribution in [0.4, 0.5) is 5.69 Å². The lowest BCUT2D eigenvalue weighted by molar-refractivity contribution is -0.132. The standard InChI is InChI=1S/C25H22ClNO5/c1-13-11-20(31-4)14(2)10-18(13)23(28)21-22(19-9-8-15(3)32-19)27(25(30)24(21)29)17-7-5-6-16(26)12-17/h5-12,22,28H,1-4H3/b23-21+. The number of carbonyl (C=O) groups is 2. The van der Waals surface area contributed by atoms with Gasteiger partial charge in [0.25, 0.3) is 11.7 Å². The van der Waals surface area contributed by atoms with Crippen LogP contribution in [0.15, 0.2) is 58.5 Å². The number of carbonyl (C=O) groups excluding carboxylic acids is 2. The van der Waals surface area contributed by atoms with Crippen molar-refractivity contribution in [2.24, 2.45) is 0 Å². The number of benzene rings is 2. The molecule has 1 amide bonds. The zero-order valence-corrected chi connectivity index (χ0v) is 18.9. The van der Waals surface area contributed by atoms with Crippen molar-refractivity contribution >= 4 is 34.7 Å². The lowest BCUT2D eigenvalue weighted by Crippen LogP contribution is -2.29. The first-order chi connectivity index (χ1) is 15.2. The lowest BCUT2D eigenvalue weighted by Gasteiger charge is -2.23. The number of Topliss-reactive ketones (excluding diaryl/α,β-unsaturated/α-hetero) is 1. The molecule has 0 spiro atoms. The number of hydrogen-bond donors (Lipinski definition) is 1. The summed E-state index contributed by atoms with van der Waals surface area (Å²) in [7, 11) is 1.57. The van der Waals surface area contributed by atoms with Gasteiger partial charge in [0, 0.05) is 16.3 Å². The Morgan fingerprint density at radius 2 is 1.81 bits per heavy atom. The molecule has 4 rings (SSSR count). The van der Waals surface area contributed by atoms with E-state index in [0.717, 1.165) is 5.56 Å². The highest BCUT2D eigenvalue weighted by Gasteiger charge is 2.48. The predicted octanol–water partition coefficient (Wildman–Crippen LogP) is 5.49. The normalized spacial score (nSPS) is 17.8. The fraction of sp³-hybridized carbons (Fsp3) is 0.200. The molecule has 1 saturated heterocycles. The molecule has 2 heterocycles. The number of ketones is 1. The summed E-state index contributed by atoms with van der Waals surface area (Å²) in [6.07, 6.45) is 0. The molecule has 1 aromatic heterocycles. The molecule has 32 heavy (non-hydrogen) atoms. The summed E-state index contributed by atoms with van der Waals surface area (Å²) in [5.74, 6) is -0.184. The Hall–Kier alpha value is -3.51. The summed E-state index contributed by atoms with van der Waals surface area (Å²) in [4.78, 5) is 27.6. The Labute approximate surface area is 190 Å². The van der Waals surface area contributed by atoms with E-state index in [1.807, 2.05) is 6.92 Å². The molecule has 3 aromatic rings. The van der Waals surface area contributed by atoms with Gasteiger partial charge < -0.3 is 14.3 Å². The molecular formula is C25H22ClNO5. The van der Waals surface area contributed by atoms with E-state index >= 15 is 0 Å². The second-order valence-corrected chi connectivity index (χ2v) is 8.17. The van der Waals surface area contributed by atoms with E-state index in [1.165, 1.54) is 4.90 Å². The number of nitrogens with zero attached hydrogens (tertiary/aromatic N) is 1. The third-order valence-electron chi connectivity index (χ3n) is 5.56. The molecule has 2 aromatic carbocycles. The van der Waals surface area contributed by atoms with Gasteiger partial charge in [-0.25, -0.2) is 0 Å². The molecular weight excluding hydrogens is 430 g/mol. The van der Waals surface area contributed by atoms with Gasteiger partial charge in [-0.1, -0.05) is 17.7 Å². The van der Waals surface area contributed by atoms with E-state index in [-0.39, 0.29) is 11.3 Å². The average Bonchev–Trinajstić information content (AvgIpc) is 3.30. The van der Waals surface area contributed by atoms with Gasteiger partial charge in [-0.05, 0) is 74.4 Å². The zero-order chi connectivity index (χ0) is 23.2. The van der Waals surface area contributed by atoms with Crippen molar-refractivity contribution in [1.29, 1.82) is 0 Å². The summed E-state index contributed by atoms with van der Waals surface area (Å²) in [6, 6.07) is 12.7. The molecule has 0 aliphatic carbocycles. The zero-order valence-electron chi connectivity index (χ0n) is 18.1. The minimum absolute atomic E-state index is 0.0445. The van der Waals surface area contributed by atoms with Crippen molar-refractivity contribution in [3.63, 3.8) is 0 Å². The van der Waals surface area contributed by atoms with Crippen LogP contribution in [0.25, 0.3) is 5.76 Å². The van der Waals surface area contributed by atoms with Crippen molar-refractivity contribution in [3.8, 4) is 5.75 Å². The topological polar surface area (TPSA) is 80.0 Å². The third-order valence-corrected chi connectivity index (χ3v) is 5.79. The summed E-state index contributed by atoms with van der Waals surface area (Å²) in [5, 5.41) is 11.7. The molecule has 6 nitrogen and oxygen atoms in total. The number of methoxy groups -OCH3 is 1. The van der Waals surface area contributed by atoms with Crippen LogP contribution in [-0.2, 0) is 9.59 Å². The van der Waals surface area contributed by atoms with Crippen LogP contribution >= 0.6 is 11.6 Å². The number of hydrogen-bond acceptors (Lipinski definition) is 5. The van der Waals surface area contributed by atoms with Crippen LogP contribution in [-0.4, -0.2) is 23.9 Å². The summed E-state index contributed by atoms with van der Waals surface area (Å²) in [5.41, 5.74) is 2.32. The Bertz CT molecular complexity index is 1270. The number of aliphatic hydroxyl groups is 1. The molecule has 0 radical (unpaired) electrons. The monoisotopic (exact) mass is 451 g/mol. The highest BCUT2D eigenvalue weighted by Crippen LogP contribution is 2.43. The van der Waals surface area contributed by atoms with Crippen LogP contribution < -0.4 is 9.64 Å². The number of anilines is 1. The molecule has 1 atom stereocenters. The first kappa shape index (κ1) is 21.7. The molecule has 0 bridgehead atoms. The number of furan rings is 1. The minimum Gasteiger partial charge on any atom is -0.507 e. The fourth-order valence-electron chi connectivity index (χ4n) is 4.00. The maximum absolute atomic E-state index is 13.2. The van der Waals surface area contributed by atoms with Gasteiger partial charge in [-0.15, -0.1) is 0 Å². The maximum atomic E-state index is 13.2.